The number of aromatic nitrogens is 1. The normalized spacial score (nSPS) is 10.5. The number of hydrogen-bond acceptors (Lipinski definition) is 3. The predicted octanol–water partition coefficient (Wildman–Crippen LogP) is 4.64. The van der Waals surface area contributed by atoms with E-state index in [1.807, 2.05) is 42.5 Å². The average molecular weight is 285 g/mol. The summed E-state index contributed by atoms with van der Waals surface area (Å²) < 4.78 is 5.22. The third-order valence-electron chi connectivity index (χ3n) is 3.08. The maximum atomic E-state index is 6.22. The first-order chi connectivity index (χ1) is 9.78. The lowest BCUT2D eigenvalue weighted by atomic mass is 10.2. The fourth-order valence-electron chi connectivity index (χ4n) is 2.08. The molecule has 0 saturated carbocycles. The van der Waals surface area contributed by atoms with Gasteiger partial charge in [-0.1, -0.05) is 29.8 Å². The zero-order chi connectivity index (χ0) is 13.9. The van der Waals surface area contributed by atoms with Crippen molar-refractivity contribution in [2.45, 2.75) is 0 Å². The molecular formula is C16H13ClN2O. The number of nitrogens with zero attached hydrogens (tertiary/aromatic N) is 1. The van der Waals surface area contributed by atoms with Crippen molar-refractivity contribution in [2.24, 2.45) is 0 Å². The summed E-state index contributed by atoms with van der Waals surface area (Å²) in [5, 5.41) is 5.03. The highest BCUT2D eigenvalue weighted by molar-refractivity contribution is 6.33. The van der Waals surface area contributed by atoms with Crippen LogP contribution in [0.5, 0.6) is 5.75 Å². The van der Waals surface area contributed by atoms with Crippen LogP contribution in [0.3, 0.4) is 0 Å². The number of halogens is 1. The van der Waals surface area contributed by atoms with Gasteiger partial charge in [0.2, 0.25) is 0 Å². The van der Waals surface area contributed by atoms with Crippen LogP contribution in [0, 0.1) is 0 Å². The summed E-state index contributed by atoms with van der Waals surface area (Å²) in [6, 6.07) is 15.4. The summed E-state index contributed by atoms with van der Waals surface area (Å²) in [6.07, 6.45) is 1.78. The lowest BCUT2D eigenvalue weighted by molar-refractivity contribution is 0.415. The van der Waals surface area contributed by atoms with Gasteiger partial charge in [-0.15, -0.1) is 0 Å². The number of hydrogen-bond donors (Lipinski definition) is 1. The first-order valence-electron chi connectivity index (χ1n) is 6.22. The average Bonchev–Trinajstić information content (AvgIpc) is 2.50. The second-order valence-electron chi connectivity index (χ2n) is 4.35. The number of ether oxygens (including phenoxy) is 1. The molecule has 3 nitrogen and oxygen atoms in total. The minimum Gasteiger partial charge on any atom is -0.497 e. The van der Waals surface area contributed by atoms with Crippen LogP contribution in [0.2, 0.25) is 5.02 Å². The molecule has 0 aliphatic carbocycles. The van der Waals surface area contributed by atoms with E-state index in [-0.39, 0.29) is 0 Å². The van der Waals surface area contributed by atoms with Gasteiger partial charge < -0.3 is 10.1 Å². The van der Waals surface area contributed by atoms with E-state index in [2.05, 4.69) is 10.3 Å². The number of nitrogens with one attached hydrogen (secondary N) is 1. The van der Waals surface area contributed by atoms with Crippen LogP contribution in [0.15, 0.2) is 54.7 Å². The van der Waals surface area contributed by atoms with Crippen molar-refractivity contribution >= 4 is 33.9 Å². The molecule has 3 aromatic rings. The molecule has 0 unspecified atom stereocenters. The fourth-order valence-corrected chi connectivity index (χ4v) is 2.24. The highest BCUT2D eigenvalue weighted by atomic mass is 35.5. The minimum absolute atomic E-state index is 0.638. The van der Waals surface area contributed by atoms with Crippen LogP contribution >= 0.6 is 11.6 Å². The second-order valence-corrected chi connectivity index (χ2v) is 4.76. The maximum Gasteiger partial charge on any atom is 0.121 e. The van der Waals surface area contributed by atoms with Crippen LogP contribution < -0.4 is 10.1 Å². The molecule has 0 atom stereocenters. The smallest absolute Gasteiger partial charge is 0.121 e. The van der Waals surface area contributed by atoms with E-state index in [4.69, 9.17) is 16.3 Å². The molecule has 0 saturated heterocycles. The van der Waals surface area contributed by atoms with Crippen LogP contribution in [0.25, 0.3) is 10.9 Å². The Kier molecular flexibility index (Phi) is 3.44. The first kappa shape index (κ1) is 12.8. The van der Waals surface area contributed by atoms with Crippen molar-refractivity contribution in [2.75, 3.05) is 12.4 Å². The van der Waals surface area contributed by atoms with E-state index < -0.39 is 0 Å². The molecule has 0 aliphatic rings. The zero-order valence-corrected chi connectivity index (χ0v) is 11.7. The largest absolute Gasteiger partial charge is 0.497 e. The molecule has 1 N–H and O–H groups in total. The highest BCUT2D eigenvalue weighted by Crippen LogP contribution is 2.31. The molecule has 0 aliphatic heterocycles. The minimum atomic E-state index is 0.638. The van der Waals surface area contributed by atoms with Crippen LogP contribution in [0.1, 0.15) is 0 Å². The SMILES string of the molecule is COc1ccc(Cl)c(Nc2cccc3cccnc23)c1. The molecular weight excluding hydrogens is 272 g/mol. The number of pyridine rings is 1. The third kappa shape index (κ3) is 2.40. The molecule has 0 spiro atoms. The van der Waals surface area contributed by atoms with Gasteiger partial charge in [0.1, 0.15) is 5.75 Å². The Labute approximate surface area is 122 Å². The Morgan fingerprint density at radius 2 is 1.90 bits per heavy atom. The number of fused-ring (bicyclic) bond motifs is 1. The Balaban J connectivity index is 2.05. The summed E-state index contributed by atoms with van der Waals surface area (Å²) in [4.78, 5) is 4.41. The van der Waals surface area contributed by atoms with E-state index in [1.165, 1.54) is 0 Å². The van der Waals surface area contributed by atoms with Crippen molar-refractivity contribution in [1.29, 1.82) is 0 Å². The number of anilines is 2. The van der Waals surface area contributed by atoms with Crippen LogP contribution in [-0.2, 0) is 0 Å². The molecule has 1 aromatic heterocycles. The van der Waals surface area contributed by atoms with E-state index in [0.29, 0.717) is 5.02 Å². The Bertz CT molecular complexity index is 753. The van der Waals surface area contributed by atoms with Gasteiger partial charge in [0, 0.05) is 17.6 Å². The topological polar surface area (TPSA) is 34.1 Å². The molecule has 0 fully saturated rings. The predicted molar refractivity (Wildman–Crippen MR) is 83.0 cm³/mol. The molecule has 0 amide bonds. The van der Waals surface area contributed by atoms with Gasteiger partial charge in [-0.3, -0.25) is 4.98 Å². The second kappa shape index (κ2) is 5.39. The van der Waals surface area contributed by atoms with Gasteiger partial charge in [0.15, 0.2) is 0 Å². The van der Waals surface area contributed by atoms with Crippen molar-refractivity contribution in [1.82, 2.24) is 4.98 Å². The van der Waals surface area contributed by atoms with Gasteiger partial charge >= 0.3 is 0 Å². The fraction of sp³-hybridized carbons (Fsp3) is 0.0625. The third-order valence-corrected chi connectivity index (χ3v) is 3.41. The zero-order valence-electron chi connectivity index (χ0n) is 10.9. The van der Waals surface area contributed by atoms with Crippen LogP contribution in [0.4, 0.5) is 11.4 Å². The number of methoxy groups -OCH3 is 1. The van der Waals surface area contributed by atoms with Gasteiger partial charge in [0.25, 0.3) is 0 Å². The summed E-state index contributed by atoms with van der Waals surface area (Å²) in [5.41, 5.74) is 2.62. The van der Waals surface area contributed by atoms with Crippen molar-refractivity contribution < 1.29 is 4.74 Å². The standard InChI is InChI=1S/C16H13ClN2O/c1-20-12-7-8-13(17)15(10-12)19-14-6-2-4-11-5-3-9-18-16(11)14/h2-10,19H,1H3. The Hall–Kier alpha value is -2.26. The monoisotopic (exact) mass is 284 g/mol. The lowest BCUT2D eigenvalue weighted by Gasteiger charge is -2.11. The lowest BCUT2D eigenvalue weighted by Crippen LogP contribution is -1.94. The summed E-state index contributed by atoms with van der Waals surface area (Å²) >= 11 is 6.22. The molecule has 2 aromatic carbocycles. The van der Waals surface area contributed by atoms with Gasteiger partial charge in [-0.2, -0.15) is 0 Å². The Morgan fingerprint density at radius 1 is 1.05 bits per heavy atom. The van der Waals surface area contributed by atoms with Crippen molar-refractivity contribution in [3.05, 3.63) is 59.8 Å². The molecule has 1 heterocycles. The molecule has 100 valence electrons. The number of para-hydroxylation sites is 1. The summed E-state index contributed by atoms with van der Waals surface area (Å²) in [6.45, 7) is 0. The van der Waals surface area contributed by atoms with E-state index in [0.717, 1.165) is 28.0 Å². The van der Waals surface area contributed by atoms with E-state index in [9.17, 15) is 0 Å². The maximum absolute atomic E-state index is 6.22. The van der Waals surface area contributed by atoms with Gasteiger partial charge in [-0.25, -0.2) is 0 Å². The summed E-state index contributed by atoms with van der Waals surface area (Å²) in [5.74, 6) is 0.755. The highest BCUT2D eigenvalue weighted by Gasteiger charge is 2.06. The number of rotatable bonds is 3. The molecule has 20 heavy (non-hydrogen) atoms. The molecule has 3 rings (SSSR count). The van der Waals surface area contributed by atoms with Crippen molar-refractivity contribution in [3.8, 4) is 5.75 Å². The quantitative estimate of drug-likeness (QED) is 0.761. The molecule has 4 heteroatoms. The summed E-state index contributed by atoms with van der Waals surface area (Å²) in [7, 11) is 1.63. The molecule has 0 radical (unpaired) electrons. The van der Waals surface area contributed by atoms with E-state index >= 15 is 0 Å². The van der Waals surface area contributed by atoms with Gasteiger partial charge in [-0.05, 0) is 24.3 Å². The van der Waals surface area contributed by atoms with Gasteiger partial charge in [0.05, 0.1) is 29.0 Å². The molecule has 0 bridgehead atoms. The first-order valence-corrected chi connectivity index (χ1v) is 6.60. The van der Waals surface area contributed by atoms with Crippen molar-refractivity contribution in [3.63, 3.8) is 0 Å². The van der Waals surface area contributed by atoms with Crippen LogP contribution in [-0.4, -0.2) is 12.1 Å². The number of benzene rings is 2. The van der Waals surface area contributed by atoms with E-state index in [1.54, 1.807) is 19.4 Å². The Morgan fingerprint density at radius 3 is 2.75 bits per heavy atom.